The van der Waals surface area contributed by atoms with Crippen molar-refractivity contribution < 1.29 is 0 Å². The van der Waals surface area contributed by atoms with Crippen molar-refractivity contribution in [2.24, 2.45) is 0 Å². The molecule has 0 fully saturated rings. The van der Waals surface area contributed by atoms with Crippen LogP contribution in [-0.2, 0) is 0 Å². The van der Waals surface area contributed by atoms with E-state index in [2.05, 4.69) is 34.9 Å². The molecule has 2 heteroatoms. The summed E-state index contributed by atoms with van der Waals surface area (Å²) in [6.07, 6.45) is 16.4. The average molecular weight is 160 g/mol. The van der Waals surface area contributed by atoms with Crippen molar-refractivity contribution in [1.29, 1.82) is 0 Å². The minimum absolute atomic E-state index is 0.371. The number of hydrogen-bond donors (Lipinski definition) is 2. The summed E-state index contributed by atoms with van der Waals surface area (Å²) < 4.78 is 0. The lowest BCUT2D eigenvalue weighted by Gasteiger charge is -2.25. The zero-order valence-electron chi connectivity index (χ0n) is 6.77. The Bertz CT molecular complexity index is 233. The summed E-state index contributed by atoms with van der Waals surface area (Å²) in [7, 11) is 0. The average Bonchev–Trinajstić information content (AvgIpc) is 2.21. The van der Waals surface area contributed by atoms with E-state index in [9.17, 15) is 0 Å². The Morgan fingerprint density at radius 2 is 1.17 bits per heavy atom. The Kier molecular flexibility index (Phi) is 1.99. The molecular weight excluding hydrogens is 148 g/mol. The smallest absolute Gasteiger partial charge is 0.0679 e. The summed E-state index contributed by atoms with van der Waals surface area (Å²) in [6.45, 7) is 0. The fraction of sp³-hybridized carbons (Fsp3) is 0.200. The lowest BCUT2D eigenvalue weighted by Crippen LogP contribution is -2.43. The third-order valence-corrected chi connectivity index (χ3v) is 2.02. The van der Waals surface area contributed by atoms with Crippen molar-refractivity contribution in [2.45, 2.75) is 12.1 Å². The molecule has 0 amide bonds. The van der Waals surface area contributed by atoms with E-state index in [1.54, 1.807) is 0 Å². The first-order valence-corrected chi connectivity index (χ1v) is 4.15. The van der Waals surface area contributed by atoms with Crippen LogP contribution in [0.1, 0.15) is 0 Å². The third-order valence-electron chi connectivity index (χ3n) is 2.02. The second-order valence-corrected chi connectivity index (χ2v) is 2.87. The van der Waals surface area contributed by atoms with Crippen LogP contribution in [0.4, 0.5) is 0 Å². The van der Waals surface area contributed by atoms with Crippen molar-refractivity contribution in [3.8, 4) is 0 Å². The SMILES string of the molecule is C1=CNC([C@H]2C=CC=CN2)C=C1. The van der Waals surface area contributed by atoms with Gasteiger partial charge in [0, 0.05) is 0 Å². The van der Waals surface area contributed by atoms with E-state index in [1.807, 2.05) is 24.6 Å². The molecule has 0 aromatic rings. The van der Waals surface area contributed by atoms with Crippen molar-refractivity contribution >= 4 is 0 Å². The van der Waals surface area contributed by atoms with Gasteiger partial charge in [-0.3, -0.25) is 0 Å². The Morgan fingerprint density at radius 3 is 1.50 bits per heavy atom. The largest absolute Gasteiger partial charge is 0.382 e. The van der Waals surface area contributed by atoms with Gasteiger partial charge < -0.3 is 10.6 Å². The normalized spacial score (nSPS) is 31.3. The van der Waals surface area contributed by atoms with E-state index in [-0.39, 0.29) is 0 Å². The zero-order valence-corrected chi connectivity index (χ0v) is 6.77. The van der Waals surface area contributed by atoms with Crippen molar-refractivity contribution in [2.75, 3.05) is 0 Å². The molecule has 0 saturated carbocycles. The van der Waals surface area contributed by atoms with E-state index in [0.717, 1.165) is 0 Å². The van der Waals surface area contributed by atoms with Crippen molar-refractivity contribution in [1.82, 2.24) is 10.6 Å². The molecule has 0 aliphatic carbocycles. The van der Waals surface area contributed by atoms with E-state index in [4.69, 9.17) is 0 Å². The zero-order chi connectivity index (χ0) is 8.23. The predicted molar refractivity (Wildman–Crippen MR) is 50.4 cm³/mol. The molecule has 62 valence electrons. The molecule has 0 spiro atoms. The Morgan fingerprint density at radius 1 is 0.667 bits per heavy atom. The van der Waals surface area contributed by atoms with Crippen LogP contribution in [-0.4, -0.2) is 12.1 Å². The topological polar surface area (TPSA) is 24.1 Å². The summed E-state index contributed by atoms with van der Waals surface area (Å²) in [5.74, 6) is 0. The van der Waals surface area contributed by atoms with Gasteiger partial charge in [-0.1, -0.05) is 24.3 Å². The van der Waals surface area contributed by atoms with Gasteiger partial charge in [0.05, 0.1) is 12.1 Å². The Hall–Kier alpha value is -1.44. The number of rotatable bonds is 1. The fourth-order valence-electron chi connectivity index (χ4n) is 1.37. The summed E-state index contributed by atoms with van der Waals surface area (Å²) in [4.78, 5) is 0. The van der Waals surface area contributed by atoms with Gasteiger partial charge in [-0.05, 0) is 24.6 Å². The quantitative estimate of drug-likeness (QED) is 0.599. The van der Waals surface area contributed by atoms with Crippen molar-refractivity contribution in [3.05, 3.63) is 48.9 Å². The lowest BCUT2D eigenvalue weighted by molar-refractivity contribution is 0.559. The first-order chi connectivity index (χ1) is 5.97. The number of nitrogens with one attached hydrogen (secondary N) is 2. The highest BCUT2D eigenvalue weighted by atomic mass is 15.0. The van der Waals surface area contributed by atoms with Crippen LogP contribution in [0.2, 0.25) is 0 Å². The minimum atomic E-state index is 0.371. The molecule has 0 aromatic carbocycles. The van der Waals surface area contributed by atoms with Gasteiger partial charge >= 0.3 is 0 Å². The number of allylic oxidation sites excluding steroid dienone is 4. The molecule has 0 aromatic heterocycles. The van der Waals surface area contributed by atoms with Gasteiger partial charge in [0.25, 0.3) is 0 Å². The molecule has 2 atom stereocenters. The standard InChI is InChI=1S/C10H12N2/c1-3-7-11-9(5-1)10-6-2-4-8-12-10/h1-12H/t9-,10?/m1/s1. The van der Waals surface area contributed by atoms with E-state index in [0.29, 0.717) is 12.1 Å². The van der Waals surface area contributed by atoms with Gasteiger partial charge in [-0.25, -0.2) is 0 Å². The van der Waals surface area contributed by atoms with Crippen LogP contribution < -0.4 is 10.6 Å². The molecular formula is C10H12N2. The molecule has 0 saturated heterocycles. The summed E-state index contributed by atoms with van der Waals surface area (Å²) >= 11 is 0. The van der Waals surface area contributed by atoms with Crippen LogP contribution >= 0.6 is 0 Å². The molecule has 2 nitrogen and oxygen atoms in total. The summed E-state index contributed by atoms with van der Waals surface area (Å²) in [5, 5.41) is 6.55. The first kappa shape index (κ1) is 7.22. The second kappa shape index (κ2) is 3.30. The van der Waals surface area contributed by atoms with E-state index in [1.165, 1.54) is 0 Å². The molecule has 0 radical (unpaired) electrons. The molecule has 1 unspecified atom stereocenters. The predicted octanol–water partition coefficient (Wildman–Crippen LogP) is 1.07. The molecule has 2 heterocycles. The molecule has 2 aliphatic rings. The lowest BCUT2D eigenvalue weighted by atomic mass is 10.0. The molecule has 2 rings (SSSR count). The van der Waals surface area contributed by atoms with Crippen molar-refractivity contribution in [3.63, 3.8) is 0 Å². The highest BCUT2D eigenvalue weighted by molar-refractivity contribution is 5.22. The second-order valence-electron chi connectivity index (χ2n) is 2.87. The van der Waals surface area contributed by atoms with Crippen LogP contribution in [0.15, 0.2) is 48.9 Å². The van der Waals surface area contributed by atoms with Crippen LogP contribution in [0.3, 0.4) is 0 Å². The summed E-state index contributed by atoms with van der Waals surface area (Å²) in [6, 6.07) is 0.743. The molecule has 2 aliphatic heterocycles. The van der Waals surface area contributed by atoms with E-state index < -0.39 is 0 Å². The van der Waals surface area contributed by atoms with E-state index >= 15 is 0 Å². The highest BCUT2D eigenvalue weighted by Crippen LogP contribution is 2.05. The highest BCUT2D eigenvalue weighted by Gasteiger charge is 2.14. The molecule has 0 bridgehead atoms. The van der Waals surface area contributed by atoms with Gasteiger partial charge in [0.2, 0.25) is 0 Å². The first-order valence-electron chi connectivity index (χ1n) is 4.15. The van der Waals surface area contributed by atoms with Gasteiger partial charge in [-0.2, -0.15) is 0 Å². The maximum absolute atomic E-state index is 3.27. The Balaban J connectivity index is 2.01. The fourth-order valence-corrected chi connectivity index (χ4v) is 1.37. The monoisotopic (exact) mass is 160 g/mol. The minimum Gasteiger partial charge on any atom is -0.382 e. The van der Waals surface area contributed by atoms with Crippen LogP contribution in [0, 0.1) is 0 Å². The third kappa shape index (κ3) is 1.42. The number of dihydropyridines is 2. The molecule has 2 N–H and O–H groups in total. The Labute approximate surface area is 72.4 Å². The number of hydrogen-bond acceptors (Lipinski definition) is 2. The van der Waals surface area contributed by atoms with Gasteiger partial charge in [-0.15, -0.1) is 0 Å². The van der Waals surface area contributed by atoms with Gasteiger partial charge in [0.15, 0.2) is 0 Å². The maximum Gasteiger partial charge on any atom is 0.0679 e. The maximum atomic E-state index is 3.27. The molecule has 12 heavy (non-hydrogen) atoms. The van der Waals surface area contributed by atoms with Crippen LogP contribution in [0.25, 0.3) is 0 Å². The van der Waals surface area contributed by atoms with Gasteiger partial charge in [0.1, 0.15) is 0 Å². The van der Waals surface area contributed by atoms with Crippen LogP contribution in [0.5, 0.6) is 0 Å². The summed E-state index contributed by atoms with van der Waals surface area (Å²) in [5.41, 5.74) is 0.